The highest BCUT2D eigenvalue weighted by Crippen LogP contribution is 2.22. The molecule has 1 fully saturated rings. The van der Waals surface area contributed by atoms with E-state index in [0.717, 1.165) is 29.1 Å². The fourth-order valence-electron chi connectivity index (χ4n) is 3.18. The van der Waals surface area contributed by atoms with E-state index in [4.69, 9.17) is 4.74 Å². The van der Waals surface area contributed by atoms with Crippen molar-refractivity contribution in [1.82, 2.24) is 14.5 Å². The van der Waals surface area contributed by atoms with Crippen LogP contribution in [0.4, 0.5) is 0 Å². The van der Waals surface area contributed by atoms with E-state index in [1.54, 1.807) is 6.20 Å². The van der Waals surface area contributed by atoms with Crippen molar-refractivity contribution in [2.24, 2.45) is 0 Å². The summed E-state index contributed by atoms with van der Waals surface area (Å²) in [4.78, 5) is 19.0. The third-order valence-corrected chi connectivity index (χ3v) is 4.45. The van der Waals surface area contributed by atoms with Crippen LogP contribution in [0.1, 0.15) is 35.1 Å². The average molecular weight is 313 g/mol. The summed E-state index contributed by atoms with van der Waals surface area (Å²) in [6.45, 7) is 8.05. The highest BCUT2D eigenvalue weighted by atomic mass is 16.5. The molecular formula is C18H23N3O2. The molecule has 1 atom stereocenters. The van der Waals surface area contributed by atoms with Crippen LogP contribution in [0.15, 0.2) is 30.6 Å². The predicted molar refractivity (Wildman–Crippen MR) is 89.0 cm³/mol. The molecule has 0 aromatic carbocycles. The predicted octanol–water partition coefficient (Wildman–Crippen LogP) is 2.74. The van der Waals surface area contributed by atoms with E-state index >= 15 is 0 Å². The molecule has 122 valence electrons. The molecule has 1 amide bonds. The Bertz CT molecular complexity index is 694. The zero-order valence-electron chi connectivity index (χ0n) is 14.0. The summed E-state index contributed by atoms with van der Waals surface area (Å²) in [5.41, 5.74) is 3.75. The van der Waals surface area contributed by atoms with Crippen molar-refractivity contribution in [2.75, 3.05) is 19.7 Å². The maximum atomic E-state index is 12.9. The normalized spacial score (nSPS) is 18.2. The Balaban J connectivity index is 1.90. The number of amides is 1. The van der Waals surface area contributed by atoms with E-state index in [-0.39, 0.29) is 12.0 Å². The summed E-state index contributed by atoms with van der Waals surface area (Å²) in [7, 11) is 0. The van der Waals surface area contributed by atoms with Gasteiger partial charge in [-0.2, -0.15) is 0 Å². The van der Waals surface area contributed by atoms with Crippen molar-refractivity contribution in [3.8, 4) is 5.69 Å². The summed E-state index contributed by atoms with van der Waals surface area (Å²) >= 11 is 0. The van der Waals surface area contributed by atoms with Crippen LogP contribution in [0, 0.1) is 13.8 Å². The van der Waals surface area contributed by atoms with Crippen LogP contribution in [0.25, 0.3) is 5.69 Å². The maximum Gasteiger partial charge on any atom is 0.255 e. The minimum atomic E-state index is 0.0926. The second-order valence-corrected chi connectivity index (χ2v) is 5.98. The molecule has 0 N–H and O–H groups in total. The Morgan fingerprint density at radius 2 is 2.26 bits per heavy atom. The minimum Gasteiger partial charge on any atom is -0.375 e. The van der Waals surface area contributed by atoms with Crippen LogP contribution in [-0.4, -0.2) is 46.2 Å². The maximum absolute atomic E-state index is 12.9. The summed E-state index contributed by atoms with van der Waals surface area (Å²) in [6, 6.07) is 5.88. The fraction of sp³-hybridized carbons (Fsp3) is 0.444. The van der Waals surface area contributed by atoms with E-state index in [0.29, 0.717) is 19.7 Å². The van der Waals surface area contributed by atoms with Crippen LogP contribution in [0.5, 0.6) is 0 Å². The summed E-state index contributed by atoms with van der Waals surface area (Å²) in [5, 5.41) is 0. The lowest BCUT2D eigenvalue weighted by Crippen LogP contribution is -2.45. The third kappa shape index (κ3) is 3.01. The quantitative estimate of drug-likeness (QED) is 0.875. The Morgan fingerprint density at radius 1 is 1.43 bits per heavy atom. The summed E-state index contributed by atoms with van der Waals surface area (Å²) in [6.07, 6.45) is 4.64. The number of morpholine rings is 1. The largest absolute Gasteiger partial charge is 0.375 e. The molecule has 0 unspecified atom stereocenters. The standard InChI is InChI=1S/C18H23N3O2/c1-4-16-12-20(8-9-23-16)18(22)17-10-13(2)21(14(17)3)15-6-5-7-19-11-15/h5-7,10-11,16H,4,8-9,12H2,1-3H3/t16-/m0/s1. The zero-order chi connectivity index (χ0) is 16.4. The van der Waals surface area contributed by atoms with Gasteiger partial charge in [-0.05, 0) is 38.5 Å². The lowest BCUT2D eigenvalue weighted by Gasteiger charge is -2.32. The van der Waals surface area contributed by atoms with Gasteiger partial charge in [-0.3, -0.25) is 9.78 Å². The van der Waals surface area contributed by atoms with Gasteiger partial charge in [-0.1, -0.05) is 6.92 Å². The first-order valence-corrected chi connectivity index (χ1v) is 8.12. The highest BCUT2D eigenvalue weighted by molar-refractivity contribution is 5.96. The Morgan fingerprint density at radius 3 is 2.96 bits per heavy atom. The van der Waals surface area contributed by atoms with Crippen molar-refractivity contribution in [2.45, 2.75) is 33.3 Å². The van der Waals surface area contributed by atoms with E-state index < -0.39 is 0 Å². The number of hydrogen-bond donors (Lipinski definition) is 0. The van der Waals surface area contributed by atoms with Crippen LogP contribution < -0.4 is 0 Å². The van der Waals surface area contributed by atoms with Gasteiger partial charge in [0.25, 0.3) is 5.91 Å². The number of carbonyl (C=O) groups excluding carboxylic acids is 1. The van der Waals surface area contributed by atoms with Crippen molar-refractivity contribution < 1.29 is 9.53 Å². The number of carbonyl (C=O) groups is 1. The zero-order valence-corrected chi connectivity index (χ0v) is 14.0. The van der Waals surface area contributed by atoms with Crippen molar-refractivity contribution in [1.29, 1.82) is 0 Å². The number of pyridine rings is 1. The Kier molecular flexibility index (Phi) is 4.48. The first kappa shape index (κ1) is 15.7. The van der Waals surface area contributed by atoms with Crippen LogP contribution in [0.3, 0.4) is 0 Å². The van der Waals surface area contributed by atoms with Crippen LogP contribution in [-0.2, 0) is 4.74 Å². The average Bonchev–Trinajstić information content (AvgIpc) is 2.89. The number of rotatable bonds is 3. The van der Waals surface area contributed by atoms with E-state index in [9.17, 15) is 4.79 Å². The molecule has 1 aliphatic rings. The van der Waals surface area contributed by atoms with Gasteiger partial charge in [0.1, 0.15) is 0 Å². The molecule has 2 aromatic rings. The van der Waals surface area contributed by atoms with E-state index in [1.165, 1.54) is 0 Å². The van der Waals surface area contributed by atoms with Gasteiger partial charge in [-0.25, -0.2) is 0 Å². The van der Waals surface area contributed by atoms with Gasteiger partial charge in [0.15, 0.2) is 0 Å². The third-order valence-electron chi connectivity index (χ3n) is 4.45. The number of aryl methyl sites for hydroxylation is 1. The number of hydrogen-bond acceptors (Lipinski definition) is 3. The highest BCUT2D eigenvalue weighted by Gasteiger charge is 2.26. The first-order chi connectivity index (χ1) is 11.1. The molecule has 0 saturated carbocycles. The topological polar surface area (TPSA) is 47.4 Å². The lowest BCUT2D eigenvalue weighted by atomic mass is 10.1. The fourth-order valence-corrected chi connectivity index (χ4v) is 3.18. The smallest absolute Gasteiger partial charge is 0.255 e. The molecule has 2 aromatic heterocycles. The van der Waals surface area contributed by atoms with Crippen LogP contribution >= 0.6 is 0 Å². The first-order valence-electron chi connectivity index (χ1n) is 8.12. The van der Waals surface area contributed by atoms with E-state index in [1.807, 2.05) is 43.1 Å². The van der Waals surface area contributed by atoms with Gasteiger partial charge in [0, 0.05) is 30.7 Å². The Labute approximate surface area is 136 Å². The van der Waals surface area contributed by atoms with Crippen molar-refractivity contribution in [3.05, 3.63) is 47.5 Å². The molecule has 5 nitrogen and oxygen atoms in total. The number of nitrogens with zero attached hydrogens (tertiary/aromatic N) is 3. The molecule has 23 heavy (non-hydrogen) atoms. The molecule has 1 aliphatic heterocycles. The monoisotopic (exact) mass is 313 g/mol. The van der Waals surface area contributed by atoms with Crippen LogP contribution in [0.2, 0.25) is 0 Å². The molecule has 0 radical (unpaired) electrons. The molecule has 3 heterocycles. The molecule has 0 bridgehead atoms. The Hall–Kier alpha value is -2.14. The number of ether oxygens (including phenoxy) is 1. The molecule has 1 saturated heterocycles. The van der Waals surface area contributed by atoms with Gasteiger partial charge >= 0.3 is 0 Å². The molecule has 0 aliphatic carbocycles. The molecule has 3 rings (SSSR count). The summed E-state index contributed by atoms with van der Waals surface area (Å²) < 4.78 is 7.75. The van der Waals surface area contributed by atoms with E-state index in [2.05, 4.69) is 16.5 Å². The second kappa shape index (κ2) is 6.54. The number of aromatic nitrogens is 2. The SMILES string of the molecule is CC[C@H]1CN(C(=O)c2cc(C)n(-c3cccnc3)c2C)CCO1. The summed E-state index contributed by atoms with van der Waals surface area (Å²) in [5.74, 6) is 0.0926. The molecule has 0 spiro atoms. The molecular weight excluding hydrogens is 290 g/mol. The van der Waals surface area contributed by atoms with Crippen molar-refractivity contribution in [3.63, 3.8) is 0 Å². The minimum absolute atomic E-state index is 0.0926. The lowest BCUT2D eigenvalue weighted by molar-refractivity contribution is -0.0226. The van der Waals surface area contributed by atoms with Crippen molar-refractivity contribution >= 4 is 5.91 Å². The second-order valence-electron chi connectivity index (χ2n) is 5.98. The van der Waals surface area contributed by atoms with Gasteiger partial charge in [0.05, 0.1) is 30.2 Å². The molecule has 5 heteroatoms. The van der Waals surface area contributed by atoms with Gasteiger partial charge in [-0.15, -0.1) is 0 Å². The van der Waals surface area contributed by atoms with Gasteiger partial charge < -0.3 is 14.2 Å². The van der Waals surface area contributed by atoms with Gasteiger partial charge in [0.2, 0.25) is 0 Å².